The summed E-state index contributed by atoms with van der Waals surface area (Å²) in [7, 11) is 1.54. The molecule has 8 heteroatoms. The minimum Gasteiger partial charge on any atom is -0.494 e. The predicted molar refractivity (Wildman–Crippen MR) is 106 cm³/mol. The topological polar surface area (TPSA) is 102 Å². The largest absolute Gasteiger partial charge is 0.494 e. The van der Waals surface area contributed by atoms with Gasteiger partial charge in [0.05, 0.1) is 29.1 Å². The summed E-state index contributed by atoms with van der Waals surface area (Å²) in [5.41, 5.74) is 3.53. The summed E-state index contributed by atoms with van der Waals surface area (Å²) in [6, 6.07) is 18.7. The first-order valence-corrected chi connectivity index (χ1v) is 8.38. The van der Waals surface area contributed by atoms with Crippen molar-refractivity contribution in [1.29, 1.82) is 0 Å². The summed E-state index contributed by atoms with van der Waals surface area (Å²) in [6.07, 6.45) is 0. The number of rotatable bonds is 6. The highest BCUT2D eigenvalue weighted by Crippen LogP contribution is 2.33. The van der Waals surface area contributed by atoms with Crippen LogP contribution in [0.25, 0.3) is 0 Å². The number of aryl methyl sites for hydroxylation is 1. The molecule has 0 aliphatic carbocycles. The fourth-order valence-corrected chi connectivity index (χ4v) is 2.29. The molecule has 0 saturated carbocycles. The Balaban J connectivity index is 1.76. The number of non-ortho nitro benzene ring substituents is 1. The van der Waals surface area contributed by atoms with E-state index in [-0.39, 0.29) is 5.69 Å². The third-order valence-electron chi connectivity index (χ3n) is 3.81. The predicted octanol–water partition coefficient (Wildman–Crippen LogP) is 6.74. The Hall–Kier alpha value is -3.94. The highest BCUT2D eigenvalue weighted by molar-refractivity contribution is 5.59. The second-order valence-electron chi connectivity index (χ2n) is 5.87. The van der Waals surface area contributed by atoms with Crippen molar-refractivity contribution in [1.82, 2.24) is 0 Å². The molecule has 0 fully saturated rings. The lowest BCUT2D eigenvalue weighted by atomic mass is 10.2. The molecule has 0 amide bonds. The van der Waals surface area contributed by atoms with Crippen molar-refractivity contribution < 1.29 is 9.66 Å². The van der Waals surface area contributed by atoms with E-state index in [0.717, 1.165) is 11.3 Å². The molecular formula is C20H17N5O3. The van der Waals surface area contributed by atoms with Crippen LogP contribution in [0.5, 0.6) is 5.75 Å². The fourth-order valence-electron chi connectivity index (χ4n) is 2.29. The van der Waals surface area contributed by atoms with Gasteiger partial charge in [-0.3, -0.25) is 10.1 Å². The van der Waals surface area contributed by atoms with Crippen molar-refractivity contribution in [3.63, 3.8) is 0 Å². The molecule has 0 spiro atoms. The second-order valence-corrected chi connectivity index (χ2v) is 5.87. The molecule has 0 atom stereocenters. The minimum absolute atomic E-state index is 0.00362. The van der Waals surface area contributed by atoms with Gasteiger partial charge in [0.1, 0.15) is 11.4 Å². The van der Waals surface area contributed by atoms with Crippen LogP contribution < -0.4 is 4.74 Å². The summed E-state index contributed by atoms with van der Waals surface area (Å²) in [6.45, 7) is 2.01. The van der Waals surface area contributed by atoms with Gasteiger partial charge in [-0.25, -0.2) is 0 Å². The van der Waals surface area contributed by atoms with Crippen molar-refractivity contribution in [2.45, 2.75) is 6.92 Å². The van der Waals surface area contributed by atoms with Gasteiger partial charge < -0.3 is 4.74 Å². The third-order valence-corrected chi connectivity index (χ3v) is 3.81. The van der Waals surface area contributed by atoms with Crippen molar-refractivity contribution in [2.24, 2.45) is 20.5 Å². The SMILES string of the molecule is COc1cc(N=Nc2ccc([N+](=O)[O-])cc2)ccc1N=Nc1ccc(C)cc1. The molecular weight excluding hydrogens is 358 g/mol. The monoisotopic (exact) mass is 375 g/mol. The first-order valence-electron chi connectivity index (χ1n) is 8.38. The molecule has 0 radical (unpaired) electrons. The summed E-state index contributed by atoms with van der Waals surface area (Å²) in [4.78, 5) is 10.2. The Labute approximate surface area is 161 Å². The van der Waals surface area contributed by atoms with E-state index in [1.807, 2.05) is 31.2 Å². The van der Waals surface area contributed by atoms with E-state index in [1.54, 1.807) is 18.2 Å². The lowest BCUT2D eigenvalue weighted by molar-refractivity contribution is -0.384. The van der Waals surface area contributed by atoms with E-state index in [9.17, 15) is 10.1 Å². The molecule has 0 aliphatic heterocycles. The van der Waals surface area contributed by atoms with Crippen LogP contribution in [0.3, 0.4) is 0 Å². The van der Waals surface area contributed by atoms with Gasteiger partial charge in [0.25, 0.3) is 5.69 Å². The van der Waals surface area contributed by atoms with Crippen LogP contribution in [0.15, 0.2) is 87.2 Å². The summed E-state index contributed by atoms with van der Waals surface area (Å²) < 4.78 is 5.36. The first kappa shape index (κ1) is 18.8. The number of ether oxygens (including phenoxy) is 1. The Kier molecular flexibility index (Phi) is 5.81. The van der Waals surface area contributed by atoms with Crippen LogP contribution >= 0.6 is 0 Å². The molecule has 0 unspecified atom stereocenters. The van der Waals surface area contributed by atoms with Crippen LogP contribution in [0.1, 0.15) is 5.56 Å². The first-order chi connectivity index (χ1) is 13.5. The Morgan fingerprint density at radius 2 is 1.32 bits per heavy atom. The van der Waals surface area contributed by atoms with Gasteiger partial charge in [0.2, 0.25) is 0 Å². The zero-order valence-corrected chi connectivity index (χ0v) is 15.3. The number of methoxy groups -OCH3 is 1. The number of hydrogen-bond donors (Lipinski definition) is 0. The van der Waals surface area contributed by atoms with Crippen molar-refractivity contribution in [3.8, 4) is 5.75 Å². The summed E-state index contributed by atoms with van der Waals surface area (Å²) in [5.74, 6) is 0.510. The molecule has 0 N–H and O–H groups in total. The van der Waals surface area contributed by atoms with Gasteiger partial charge in [-0.15, -0.1) is 5.11 Å². The maximum atomic E-state index is 10.7. The van der Waals surface area contributed by atoms with Gasteiger partial charge in [-0.1, -0.05) is 17.7 Å². The Morgan fingerprint density at radius 3 is 1.93 bits per heavy atom. The average Bonchev–Trinajstić information content (AvgIpc) is 2.72. The zero-order chi connectivity index (χ0) is 19.9. The maximum Gasteiger partial charge on any atom is 0.269 e. The highest BCUT2D eigenvalue weighted by atomic mass is 16.6. The van der Waals surface area contributed by atoms with E-state index >= 15 is 0 Å². The second kappa shape index (κ2) is 8.63. The summed E-state index contributed by atoms with van der Waals surface area (Å²) >= 11 is 0. The number of benzene rings is 3. The van der Waals surface area contributed by atoms with Gasteiger partial charge >= 0.3 is 0 Å². The molecule has 0 saturated heterocycles. The standard InChI is InChI=1S/C20H17N5O3/c1-14-3-5-15(6-4-14)22-24-19-12-9-17(13-20(19)28-2)23-21-16-7-10-18(11-8-16)25(26)27/h3-13H,1-2H3. The van der Waals surface area contributed by atoms with Crippen LogP contribution in [0.4, 0.5) is 28.4 Å². The molecule has 3 rings (SSSR count). The third kappa shape index (κ3) is 4.82. The van der Waals surface area contributed by atoms with Gasteiger partial charge in [0.15, 0.2) is 0 Å². The minimum atomic E-state index is -0.463. The van der Waals surface area contributed by atoms with Crippen molar-refractivity contribution in [3.05, 3.63) is 82.4 Å². The average molecular weight is 375 g/mol. The lowest BCUT2D eigenvalue weighted by Gasteiger charge is -2.04. The number of azo groups is 2. The molecule has 0 bridgehead atoms. The van der Waals surface area contributed by atoms with E-state index in [2.05, 4.69) is 20.5 Å². The van der Waals surface area contributed by atoms with Crippen LogP contribution in [0.2, 0.25) is 0 Å². The van der Waals surface area contributed by atoms with E-state index in [1.165, 1.54) is 31.4 Å². The van der Waals surface area contributed by atoms with Crippen molar-refractivity contribution in [2.75, 3.05) is 7.11 Å². The van der Waals surface area contributed by atoms with Crippen LogP contribution in [0, 0.1) is 17.0 Å². The molecule has 0 aromatic heterocycles. The fraction of sp³-hybridized carbons (Fsp3) is 0.100. The molecule has 0 heterocycles. The van der Waals surface area contributed by atoms with Gasteiger partial charge in [0, 0.05) is 18.2 Å². The quantitative estimate of drug-likeness (QED) is 0.271. The van der Waals surface area contributed by atoms with Crippen molar-refractivity contribution >= 4 is 28.4 Å². The number of nitrogens with zero attached hydrogens (tertiary/aromatic N) is 5. The van der Waals surface area contributed by atoms with Crippen LogP contribution in [-0.2, 0) is 0 Å². The highest BCUT2D eigenvalue weighted by Gasteiger charge is 2.05. The number of hydrogen-bond acceptors (Lipinski definition) is 7. The Bertz CT molecular complexity index is 1030. The summed E-state index contributed by atoms with van der Waals surface area (Å²) in [5, 5.41) is 27.3. The molecule has 140 valence electrons. The molecule has 3 aromatic carbocycles. The van der Waals surface area contributed by atoms with E-state index in [4.69, 9.17) is 4.74 Å². The molecule has 28 heavy (non-hydrogen) atoms. The van der Waals surface area contributed by atoms with E-state index in [0.29, 0.717) is 22.8 Å². The Morgan fingerprint density at radius 1 is 0.786 bits per heavy atom. The normalized spacial score (nSPS) is 11.2. The van der Waals surface area contributed by atoms with E-state index < -0.39 is 4.92 Å². The molecule has 3 aromatic rings. The number of nitro benzene ring substituents is 1. The van der Waals surface area contributed by atoms with Gasteiger partial charge in [-0.05, 0) is 43.3 Å². The molecule has 8 nitrogen and oxygen atoms in total. The smallest absolute Gasteiger partial charge is 0.269 e. The van der Waals surface area contributed by atoms with Gasteiger partial charge in [-0.2, -0.15) is 15.3 Å². The lowest BCUT2D eigenvalue weighted by Crippen LogP contribution is -1.85. The zero-order valence-electron chi connectivity index (χ0n) is 15.3. The molecule has 0 aliphatic rings. The van der Waals surface area contributed by atoms with Crippen LogP contribution in [-0.4, -0.2) is 12.0 Å². The maximum absolute atomic E-state index is 10.7. The number of nitro groups is 1.